The Morgan fingerprint density at radius 1 is 1.29 bits per heavy atom. The van der Waals surface area contributed by atoms with Crippen molar-refractivity contribution in [2.45, 2.75) is 47.1 Å². The standard InChI is InChI=1S/C17H23N3O4/c1-7-23-15(21)14-11(3)19-20-9-10(2)12(8-13(14)20)18-16(22)24-17(4,5)6/h8-9H,7H2,1-6H3,(H,18,22). The Labute approximate surface area is 140 Å². The van der Waals surface area contributed by atoms with E-state index in [2.05, 4.69) is 10.4 Å². The first-order valence-corrected chi connectivity index (χ1v) is 7.79. The van der Waals surface area contributed by atoms with Crippen molar-refractivity contribution >= 4 is 23.3 Å². The van der Waals surface area contributed by atoms with Crippen LogP contribution in [-0.4, -0.2) is 33.9 Å². The Morgan fingerprint density at radius 3 is 2.54 bits per heavy atom. The van der Waals surface area contributed by atoms with Gasteiger partial charge in [-0.2, -0.15) is 5.10 Å². The highest BCUT2D eigenvalue weighted by Crippen LogP contribution is 2.24. The first-order valence-electron chi connectivity index (χ1n) is 7.79. The summed E-state index contributed by atoms with van der Waals surface area (Å²) in [4.78, 5) is 24.2. The largest absolute Gasteiger partial charge is 0.462 e. The molecule has 2 aromatic heterocycles. The van der Waals surface area contributed by atoms with Gasteiger partial charge < -0.3 is 9.47 Å². The minimum atomic E-state index is -0.592. The van der Waals surface area contributed by atoms with Crippen molar-refractivity contribution in [3.8, 4) is 0 Å². The molecule has 130 valence electrons. The van der Waals surface area contributed by atoms with E-state index in [1.807, 2.05) is 6.92 Å². The summed E-state index contributed by atoms with van der Waals surface area (Å²) >= 11 is 0. The molecule has 2 rings (SSSR count). The average molecular weight is 333 g/mol. The van der Waals surface area contributed by atoms with Gasteiger partial charge in [-0.05, 0) is 53.2 Å². The second-order valence-electron chi connectivity index (χ2n) is 6.51. The molecule has 0 fully saturated rings. The van der Waals surface area contributed by atoms with E-state index in [-0.39, 0.29) is 6.61 Å². The summed E-state index contributed by atoms with van der Waals surface area (Å²) in [6, 6.07) is 1.70. The molecule has 7 heteroatoms. The highest BCUT2D eigenvalue weighted by Gasteiger charge is 2.21. The van der Waals surface area contributed by atoms with E-state index in [9.17, 15) is 9.59 Å². The van der Waals surface area contributed by atoms with Crippen LogP contribution in [0.4, 0.5) is 10.5 Å². The van der Waals surface area contributed by atoms with Crippen LogP contribution < -0.4 is 5.32 Å². The summed E-state index contributed by atoms with van der Waals surface area (Å²) in [5.74, 6) is -0.433. The predicted octanol–water partition coefficient (Wildman–Crippen LogP) is 3.47. The van der Waals surface area contributed by atoms with Crippen LogP contribution in [0.15, 0.2) is 12.3 Å². The van der Waals surface area contributed by atoms with Gasteiger partial charge in [0.1, 0.15) is 11.2 Å². The van der Waals surface area contributed by atoms with Gasteiger partial charge in [-0.25, -0.2) is 14.1 Å². The van der Waals surface area contributed by atoms with Crippen molar-refractivity contribution in [1.82, 2.24) is 9.61 Å². The van der Waals surface area contributed by atoms with E-state index in [1.165, 1.54) is 0 Å². The molecule has 0 unspecified atom stereocenters. The minimum Gasteiger partial charge on any atom is -0.462 e. The number of fused-ring (bicyclic) bond motifs is 1. The molecule has 0 radical (unpaired) electrons. The lowest BCUT2D eigenvalue weighted by Crippen LogP contribution is -2.27. The van der Waals surface area contributed by atoms with Crippen molar-refractivity contribution in [2.75, 3.05) is 11.9 Å². The topological polar surface area (TPSA) is 81.9 Å². The molecule has 7 nitrogen and oxygen atoms in total. The van der Waals surface area contributed by atoms with E-state index in [4.69, 9.17) is 9.47 Å². The number of aryl methyl sites for hydroxylation is 2. The minimum absolute atomic E-state index is 0.282. The first kappa shape index (κ1) is 17.8. The smallest absolute Gasteiger partial charge is 0.412 e. The van der Waals surface area contributed by atoms with Gasteiger partial charge in [-0.15, -0.1) is 0 Å². The van der Waals surface area contributed by atoms with Gasteiger partial charge in [-0.3, -0.25) is 5.32 Å². The van der Waals surface area contributed by atoms with Crippen molar-refractivity contribution in [3.63, 3.8) is 0 Å². The molecule has 0 saturated heterocycles. The number of anilines is 1. The molecule has 0 atom stereocenters. The zero-order valence-corrected chi connectivity index (χ0v) is 14.9. The summed E-state index contributed by atoms with van der Waals surface area (Å²) in [6.07, 6.45) is 1.20. The summed E-state index contributed by atoms with van der Waals surface area (Å²) in [6.45, 7) is 11.0. The van der Waals surface area contributed by atoms with E-state index >= 15 is 0 Å². The third kappa shape index (κ3) is 3.84. The van der Waals surface area contributed by atoms with E-state index in [1.54, 1.807) is 51.4 Å². The Bertz CT molecular complexity index is 787. The lowest BCUT2D eigenvalue weighted by molar-refractivity contribution is 0.0527. The van der Waals surface area contributed by atoms with E-state index < -0.39 is 17.7 Å². The van der Waals surface area contributed by atoms with Gasteiger partial charge in [0.25, 0.3) is 0 Å². The molecule has 0 saturated carbocycles. The van der Waals surface area contributed by atoms with E-state index in [0.29, 0.717) is 22.5 Å². The number of rotatable bonds is 3. The fraction of sp³-hybridized carbons (Fsp3) is 0.471. The molecule has 1 N–H and O–H groups in total. The normalized spacial score (nSPS) is 11.4. The molecule has 0 aliphatic carbocycles. The molecule has 2 aromatic rings. The Morgan fingerprint density at radius 2 is 1.96 bits per heavy atom. The van der Waals surface area contributed by atoms with Crippen LogP contribution >= 0.6 is 0 Å². The molecule has 0 bridgehead atoms. The number of nitrogens with zero attached hydrogens (tertiary/aromatic N) is 2. The van der Waals surface area contributed by atoms with Crippen LogP contribution in [0.2, 0.25) is 0 Å². The Kier molecular flexibility index (Phi) is 4.82. The van der Waals surface area contributed by atoms with Gasteiger partial charge >= 0.3 is 12.1 Å². The van der Waals surface area contributed by atoms with Gasteiger partial charge in [0.15, 0.2) is 0 Å². The maximum Gasteiger partial charge on any atom is 0.412 e. The fourth-order valence-corrected chi connectivity index (χ4v) is 2.31. The summed E-state index contributed by atoms with van der Waals surface area (Å²) in [5.41, 5.74) is 2.30. The molecule has 2 heterocycles. The molecule has 0 aliphatic rings. The second kappa shape index (κ2) is 6.51. The SMILES string of the molecule is CCOC(=O)c1c(C)nn2cc(C)c(NC(=O)OC(C)(C)C)cc12. The van der Waals surface area contributed by atoms with Crippen molar-refractivity contribution < 1.29 is 19.1 Å². The van der Waals surface area contributed by atoms with Crippen LogP contribution in [0.3, 0.4) is 0 Å². The van der Waals surface area contributed by atoms with Crippen molar-refractivity contribution in [1.29, 1.82) is 0 Å². The van der Waals surface area contributed by atoms with E-state index in [0.717, 1.165) is 5.56 Å². The number of amides is 1. The van der Waals surface area contributed by atoms with Gasteiger partial charge in [-0.1, -0.05) is 0 Å². The number of pyridine rings is 1. The number of ether oxygens (including phenoxy) is 2. The molecule has 24 heavy (non-hydrogen) atoms. The van der Waals surface area contributed by atoms with Crippen LogP contribution in [0.5, 0.6) is 0 Å². The van der Waals surface area contributed by atoms with Crippen molar-refractivity contribution in [3.05, 3.63) is 29.1 Å². The number of hydrogen-bond donors (Lipinski definition) is 1. The number of esters is 1. The molecule has 1 amide bonds. The summed E-state index contributed by atoms with van der Waals surface area (Å²) < 4.78 is 12.0. The van der Waals surface area contributed by atoms with Crippen molar-refractivity contribution in [2.24, 2.45) is 0 Å². The number of aromatic nitrogens is 2. The Hall–Kier alpha value is -2.57. The van der Waals surface area contributed by atoms with Crippen LogP contribution in [0.25, 0.3) is 5.52 Å². The second-order valence-corrected chi connectivity index (χ2v) is 6.51. The summed E-state index contributed by atoms with van der Waals surface area (Å²) in [7, 11) is 0. The highest BCUT2D eigenvalue weighted by molar-refractivity contribution is 5.99. The molecule has 0 aromatic carbocycles. The Balaban J connectivity index is 2.42. The fourth-order valence-electron chi connectivity index (χ4n) is 2.31. The first-order chi connectivity index (χ1) is 11.1. The van der Waals surface area contributed by atoms with Gasteiger partial charge in [0.2, 0.25) is 0 Å². The lowest BCUT2D eigenvalue weighted by atomic mass is 10.1. The average Bonchev–Trinajstić information content (AvgIpc) is 2.72. The summed E-state index contributed by atoms with van der Waals surface area (Å²) in [5, 5.41) is 7.04. The number of carbonyl (C=O) groups is 2. The maximum atomic E-state index is 12.2. The molecular formula is C17H23N3O4. The molecule has 0 aliphatic heterocycles. The third-order valence-electron chi connectivity index (χ3n) is 3.26. The van der Waals surface area contributed by atoms with Crippen LogP contribution in [-0.2, 0) is 9.47 Å². The zero-order valence-electron chi connectivity index (χ0n) is 14.9. The molecule has 0 spiro atoms. The molecular weight excluding hydrogens is 310 g/mol. The third-order valence-corrected chi connectivity index (χ3v) is 3.26. The quantitative estimate of drug-likeness (QED) is 0.870. The van der Waals surface area contributed by atoms with Crippen LogP contribution in [0, 0.1) is 13.8 Å². The monoisotopic (exact) mass is 333 g/mol. The zero-order chi connectivity index (χ0) is 18.1. The van der Waals surface area contributed by atoms with Gasteiger partial charge in [0.05, 0.1) is 23.5 Å². The van der Waals surface area contributed by atoms with Gasteiger partial charge in [0, 0.05) is 6.20 Å². The lowest BCUT2D eigenvalue weighted by Gasteiger charge is -2.20. The van der Waals surface area contributed by atoms with Crippen LogP contribution in [0.1, 0.15) is 49.3 Å². The number of nitrogens with one attached hydrogen (secondary N) is 1. The maximum absolute atomic E-state index is 12.2. The highest BCUT2D eigenvalue weighted by atomic mass is 16.6. The number of carbonyl (C=O) groups excluding carboxylic acids is 2. The predicted molar refractivity (Wildman–Crippen MR) is 90.5 cm³/mol. The number of hydrogen-bond acceptors (Lipinski definition) is 5.